The van der Waals surface area contributed by atoms with Crippen molar-refractivity contribution in [2.24, 2.45) is 23.3 Å². The van der Waals surface area contributed by atoms with Crippen molar-refractivity contribution >= 4 is 71.8 Å². The topological polar surface area (TPSA) is 420 Å². The highest BCUT2D eigenvalue weighted by atomic mass is 32.1. The van der Waals surface area contributed by atoms with Crippen molar-refractivity contribution in [3.8, 4) is 5.75 Å². The average molecular weight is 999 g/mol. The summed E-state index contributed by atoms with van der Waals surface area (Å²) in [6.45, 7) is 6.40. The molecule has 8 amide bonds. The number of nitrogens with two attached hydrogens (primary N) is 2. The highest BCUT2D eigenvalue weighted by Gasteiger charge is 2.35. The Kier molecular flexibility index (Phi) is 27.5. The fourth-order valence-corrected chi connectivity index (χ4v) is 6.59. The first-order chi connectivity index (χ1) is 32.3. The summed E-state index contributed by atoms with van der Waals surface area (Å²) < 4.78 is 0. The van der Waals surface area contributed by atoms with Crippen molar-refractivity contribution in [3.05, 3.63) is 29.8 Å². The monoisotopic (exact) mass is 998 g/mol. The maximum atomic E-state index is 13.8. The van der Waals surface area contributed by atoms with Crippen LogP contribution in [-0.4, -0.2) is 165 Å². The van der Waals surface area contributed by atoms with E-state index in [4.69, 9.17) is 16.6 Å². The molecule has 0 radical (unpaired) electrons. The van der Waals surface area contributed by atoms with Crippen molar-refractivity contribution < 1.29 is 73.5 Å². The van der Waals surface area contributed by atoms with Gasteiger partial charge in [0, 0.05) is 18.6 Å². The summed E-state index contributed by atoms with van der Waals surface area (Å²) in [4.78, 5) is 130. The number of aliphatic carboxylic acids is 2. The number of hydrogen-bond donors (Lipinski definition) is 16. The molecule has 1 rings (SSSR count). The lowest BCUT2D eigenvalue weighted by atomic mass is 9.99. The number of carboxylic acid groups (broad SMARTS) is 2. The van der Waals surface area contributed by atoms with Crippen LogP contribution >= 0.6 is 12.6 Å². The maximum Gasteiger partial charge on any atom is 0.322 e. The Bertz CT molecular complexity index is 1910. The summed E-state index contributed by atoms with van der Waals surface area (Å²) in [5.74, 6) is -11.5. The Hall–Kier alpha value is -6.09. The minimum absolute atomic E-state index is 0.00164. The Labute approximate surface area is 405 Å². The van der Waals surface area contributed by atoms with Crippen molar-refractivity contribution in [2.45, 2.75) is 134 Å². The summed E-state index contributed by atoms with van der Waals surface area (Å²) in [7, 11) is 0. The first kappa shape index (κ1) is 60.9. The van der Waals surface area contributed by atoms with Crippen LogP contribution in [0.2, 0.25) is 0 Å². The number of unbranched alkanes of at least 4 members (excludes halogenated alkanes) is 1. The molecule has 1 aromatic carbocycles. The fourth-order valence-electron chi connectivity index (χ4n) is 6.33. The number of carboxylic acids is 2. The molecule has 0 fully saturated rings. The van der Waals surface area contributed by atoms with Gasteiger partial charge in [0.1, 0.15) is 54.6 Å². The lowest BCUT2D eigenvalue weighted by Gasteiger charge is -2.28. The number of phenolic OH excluding ortho intramolecular Hbond substituents is 1. The van der Waals surface area contributed by atoms with Crippen LogP contribution in [0, 0.1) is 11.8 Å². The molecule has 0 spiro atoms. The third kappa shape index (κ3) is 22.7. The third-order valence-electron chi connectivity index (χ3n) is 10.3. The molecule has 9 atom stereocenters. The smallest absolute Gasteiger partial charge is 0.322 e. The fraction of sp³-hybridized carbons (Fsp3) is 0.628. The molecule has 0 bridgehead atoms. The zero-order valence-electron chi connectivity index (χ0n) is 39.4. The maximum absolute atomic E-state index is 13.8. The summed E-state index contributed by atoms with van der Waals surface area (Å²) in [5, 5.41) is 67.4. The lowest BCUT2D eigenvalue weighted by Crippen LogP contribution is -2.61. The number of carbonyl (C=O) groups is 10. The third-order valence-corrected chi connectivity index (χ3v) is 10.7. The van der Waals surface area contributed by atoms with E-state index in [1.807, 2.05) is 5.32 Å². The van der Waals surface area contributed by atoms with Gasteiger partial charge in [0.15, 0.2) is 0 Å². The van der Waals surface area contributed by atoms with E-state index in [-0.39, 0.29) is 49.8 Å². The molecule has 0 aliphatic carbocycles. The molecule has 17 N–H and O–H groups in total. The molecule has 0 aliphatic heterocycles. The molecule has 0 heterocycles. The number of benzene rings is 1. The first-order valence-corrected chi connectivity index (χ1v) is 23.0. The van der Waals surface area contributed by atoms with E-state index < -0.39 is 145 Å². The Morgan fingerprint density at radius 1 is 0.609 bits per heavy atom. The second-order valence-corrected chi connectivity index (χ2v) is 17.4. The number of phenols is 1. The summed E-state index contributed by atoms with van der Waals surface area (Å²) in [5.41, 5.74) is 12.2. The molecule has 69 heavy (non-hydrogen) atoms. The van der Waals surface area contributed by atoms with Crippen molar-refractivity contribution in [1.29, 1.82) is 0 Å². The standard InChI is InChI=1S/C43H70N10O15S/c1-21(2)16-28(49-39(64)29(50-42(67)34(45)22(3)4)17-24-9-11-25(56)12-10-24)38(63)51-30(19-54)40(65)48-27(13-14-32(57)58)36(61)52-31(20-69)41(66)47-26(8-6-7-15-44)37(62)53-35(23(5)55)43(68)46-18-33(59)60/h9-12,21-23,26-31,34-35,54-56,69H,6-8,13-20,44-45H2,1-5H3,(H,46,68)(H,47,66)(H,48,65)(H,49,64)(H,50,67)(H,51,63)(H,52,61)(H,53,62)(H,57,58)(H,59,60)/t23-,26+,27+,28+,29+,30+,31+,34+,35+/m1/s1. The van der Waals surface area contributed by atoms with E-state index in [0.29, 0.717) is 12.0 Å². The Balaban J connectivity index is 3.32. The molecule has 0 aliphatic rings. The predicted octanol–water partition coefficient (Wildman–Crippen LogP) is -4.14. The van der Waals surface area contributed by atoms with Crippen LogP contribution in [0.1, 0.15) is 78.7 Å². The van der Waals surface area contributed by atoms with Gasteiger partial charge < -0.3 is 79.5 Å². The Morgan fingerprint density at radius 2 is 1.09 bits per heavy atom. The number of aromatic hydroxyl groups is 1. The van der Waals surface area contributed by atoms with Crippen molar-refractivity contribution in [3.63, 3.8) is 0 Å². The van der Waals surface area contributed by atoms with Gasteiger partial charge in [0.25, 0.3) is 0 Å². The predicted molar refractivity (Wildman–Crippen MR) is 251 cm³/mol. The Morgan fingerprint density at radius 3 is 1.59 bits per heavy atom. The molecular weight excluding hydrogens is 929 g/mol. The summed E-state index contributed by atoms with van der Waals surface area (Å²) in [6, 6.07) is -5.86. The van der Waals surface area contributed by atoms with Crippen molar-refractivity contribution in [1.82, 2.24) is 42.5 Å². The lowest BCUT2D eigenvalue weighted by molar-refractivity contribution is -0.139. The zero-order chi connectivity index (χ0) is 52.5. The van der Waals surface area contributed by atoms with Crippen LogP contribution in [0.5, 0.6) is 5.75 Å². The SMILES string of the molecule is CC(C)C[C@H](NC(=O)[C@H](Cc1ccc(O)cc1)NC(=O)[C@@H](N)C(C)C)C(=O)N[C@@H](CO)C(=O)N[C@@H](CCC(=O)O)C(=O)N[C@@H](CS)C(=O)N[C@@H](CCCCN)C(=O)N[C@H](C(=O)NCC(=O)O)[C@@H](C)O. The summed E-state index contributed by atoms with van der Waals surface area (Å²) in [6.07, 6.45) is -2.22. The van der Waals surface area contributed by atoms with E-state index in [1.54, 1.807) is 27.7 Å². The van der Waals surface area contributed by atoms with Crippen LogP contribution in [0.15, 0.2) is 24.3 Å². The van der Waals surface area contributed by atoms with Gasteiger partial charge in [0.2, 0.25) is 47.3 Å². The molecule has 0 aromatic heterocycles. The van der Waals surface area contributed by atoms with Gasteiger partial charge in [0.05, 0.1) is 18.8 Å². The van der Waals surface area contributed by atoms with E-state index >= 15 is 0 Å². The van der Waals surface area contributed by atoms with Crippen LogP contribution in [0.25, 0.3) is 0 Å². The number of aliphatic hydroxyl groups is 2. The second-order valence-electron chi connectivity index (χ2n) is 17.1. The molecule has 26 heteroatoms. The molecule has 388 valence electrons. The minimum Gasteiger partial charge on any atom is -0.508 e. The molecule has 0 saturated heterocycles. The van der Waals surface area contributed by atoms with Gasteiger partial charge in [-0.2, -0.15) is 12.6 Å². The molecular formula is C43H70N10O15S. The largest absolute Gasteiger partial charge is 0.508 e. The number of carbonyl (C=O) groups excluding carboxylic acids is 8. The van der Waals surface area contributed by atoms with Gasteiger partial charge in [-0.1, -0.05) is 39.8 Å². The average Bonchev–Trinajstić information content (AvgIpc) is 3.28. The van der Waals surface area contributed by atoms with E-state index in [0.717, 1.165) is 6.92 Å². The number of rotatable bonds is 32. The number of aliphatic hydroxyl groups excluding tert-OH is 2. The van der Waals surface area contributed by atoms with E-state index in [9.17, 15) is 68.4 Å². The van der Waals surface area contributed by atoms with Gasteiger partial charge >= 0.3 is 11.9 Å². The summed E-state index contributed by atoms with van der Waals surface area (Å²) >= 11 is 4.13. The van der Waals surface area contributed by atoms with E-state index in [2.05, 4.69) is 49.8 Å². The zero-order valence-corrected chi connectivity index (χ0v) is 40.3. The minimum atomic E-state index is -1.78. The normalized spacial score (nSPS) is 15.1. The number of thiol groups is 1. The van der Waals surface area contributed by atoms with Gasteiger partial charge in [-0.15, -0.1) is 0 Å². The van der Waals surface area contributed by atoms with Crippen LogP contribution in [0.3, 0.4) is 0 Å². The van der Waals surface area contributed by atoms with Crippen LogP contribution < -0.4 is 54.0 Å². The first-order valence-electron chi connectivity index (χ1n) is 22.3. The molecule has 0 unspecified atom stereocenters. The van der Waals surface area contributed by atoms with Crippen LogP contribution in [0.4, 0.5) is 0 Å². The highest BCUT2D eigenvalue weighted by Crippen LogP contribution is 2.14. The second kappa shape index (κ2) is 31.1. The number of nitrogens with one attached hydrogen (secondary N) is 8. The van der Waals surface area contributed by atoms with Gasteiger partial charge in [-0.05, 0) is 75.1 Å². The van der Waals surface area contributed by atoms with Gasteiger partial charge in [-0.25, -0.2) is 0 Å². The van der Waals surface area contributed by atoms with E-state index in [1.165, 1.54) is 24.3 Å². The van der Waals surface area contributed by atoms with Gasteiger partial charge in [-0.3, -0.25) is 47.9 Å². The highest BCUT2D eigenvalue weighted by molar-refractivity contribution is 7.80. The molecule has 0 saturated carbocycles. The quantitative estimate of drug-likeness (QED) is 0.0241. The van der Waals surface area contributed by atoms with Crippen LogP contribution in [-0.2, 0) is 54.4 Å². The molecule has 25 nitrogen and oxygen atoms in total. The van der Waals surface area contributed by atoms with Crippen molar-refractivity contribution in [2.75, 3.05) is 25.4 Å². The molecule has 1 aromatic rings. The number of amides is 8. The number of hydrogen-bond acceptors (Lipinski definition) is 16.